The van der Waals surface area contributed by atoms with Crippen molar-refractivity contribution in [2.45, 2.75) is 29.3 Å². The van der Waals surface area contributed by atoms with Crippen LogP contribution in [0, 0.1) is 0 Å². The number of aliphatic hydroxyl groups excluding tert-OH is 1. The van der Waals surface area contributed by atoms with Crippen LogP contribution in [-0.2, 0) is 19.4 Å². The number of benzene rings is 2. The van der Waals surface area contributed by atoms with E-state index >= 15 is 0 Å². The molecule has 0 bridgehead atoms. The molecule has 1 unspecified atom stereocenters. The van der Waals surface area contributed by atoms with E-state index in [4.69, 9.17) is 25.8 Å². The lowest BCUT2D eigenvalue weighted by Crippen LogP contribution is -2.34. The first-order chi connectivity index (χ1) is 18.8. The smallest absolute Gasteiger partial charge is 0.296 e. The lowest BCUT2D eigenvalue weighted by atomic mass is 10.0. The number of H-pyrrole nitrogens is 1. The van der Waals surface area contributed by atoms with E-state index in [1.165, 1.54) is 0 Å². The molecule has 0 saturated carbocycles. The third kappa shape index (κ3) is 4.69. The monoisotopic (exact) mass is 569 g/mol. The van der Waals surface area contributed by atoms with Crippen molar-refractivity contribution < 1.29 is 23.5 Å². The Labute approximate surface area is 231 Å². The van der Waals surface area contributed by atoms with Crippen LogP contribution in [0.2, 0.25) is 5.02 Å². The van der Waals surface area contributed by atoms with Gasteiger partial charge in [-0.15, -0.1) is 0 Å². The lowest BCUT2D eigenvalue weighted by molar-refractivity contribution is 0.00706. The van der Waals surface area contributed by atoms with Crippen LogP contribution in [0.4, 0.5) is 0 Å². The normalized spacial score (nSPS) is 24.2. The van der Waals surface area contributed by atoms with Crippen molar-refractivity contribution in [2.75, 3.05) is 34.4 Å². The summed E-state index contributed by atoms with van der Waals surface area (Å²) >= 11 is 6.60. The topological polar surface area (TPSA) is 122 Å². The average Bonchev–Trinajstić information content (AvgIpc) is 3.64. The third-order valence-electron chi connectivity index (χ3n) is 7.05. The molecule has 2 saturated heterocycles. The maximum Gasteiger partial charge on any atom is 0.296 e. The fourth-order valence-electron chi connectivity index (χ4n) is 4.97. The summed E-state index contributed by atoms with van der Waals surface area (Å²) < 4.78 is 36.0. The summed E-state index contributed by atoms with van der Waals surface area (Å²) in [5, 5.41) is 10.4. The molecule has 0 radical (unpaired) electrons. The molecular formula is C27H28ClN5O5S. The van der Waals surface area contributed by atoms with Crippen LogP contribution in [0.1, 0.15) is 0 Å². The number of nitrogens with zero attached hydrogens (tertiary/aromatic N) is 4. The number of ether oxygens (including phenoxy) is 3. The van der Waals surface area contributed by atoms with Gasteiger partial charge < -0.3 is 24.3 Å². The predicted molar refractivity (Wildman–Crippen MR) is 148 cm³/mol. The van der Waals surface area contributed by atoms with Crippen LogP contribution < -0.4 is 4.74 Å². The van der Waals surface area contributed by atoms with Crippen molar-refractivity contribution in [1.82, 2.24) is 19.3 Å². The van der Waals surface area contributed by atoms with Crippen molar-refractivity contribution in [3.63, 3.8) is 0 Å². The Balaban J connectivity index is 1.22. The number of rotatable bonds is 6. The SMILES string of the molecule is CN=S(=O)(c1ccc(-c2ccc(-c3nc4nc(O[C@@H]5CO[C@H]6[C@@H]5OC[C@H]6O)[nH]c4cc3Cl)cc2)cc1)N(C)C. The minimum Gasteiger partial charge on any atom is -0.456 e. The van der Waals surface area contributed by atoms with E-state index < -0.39 is 16.0 Å². The molecule has 0 spiro atoms. The van der Waals surface area contributed by atoms with Gasteiger partial charge in [0.15, 0.2) is 11.8 Å². The van der Waals surface area contributed by atoms with E-state index in [1.807, 2.05) is 48.5 Å². The van der Waals surface area contributed by atoms with Crippen LogP contribution in [0.3, 0.4) is 0 Å². The first-order valence-corrected chi connectivity index (χ1v) is 14.3. The number of pyridine rings is 1. The standard InChI is InChI=1S/C27H28ClN5O5S/c1-29-39(35,33(2)3)18-10-8-16(9-11-18)15-4-6-17(7-5-15)23-19(28)12-20-26(31-23)32-27(30-20)38-22-14-37-24-21(34)13-36-25(22)24/h4-12,21-22,24-25,34H,13-14H2,1-3H3,(H,30,31,32)/t21-,22-,24-,25-,39?/m1/s1. The Kier molecular flexibility index (Phi) is 6.82. The van der Waals surface area contributed by atoms with Gasteiger partial charge in [0.1, 0.15) is 28.2 Å². The molecule has 2 fully saturated rings. The van der Waals surface area contributed by atoms with Gasteiger partial charge in [0, 0.05) is 26.7 Å². The molecule has 5 atom stereocenters. The van der Waals surface area contributed by atoms with E-state index in [9.17, 15) is 9.32 Å². The molecule has 2 aromatic heterocycles. The molecule has 0 aliphatic carbocycles. The average molecular weight is 570 g/mol. The molecule has 2 N–H and O–H groups in total. The Morgan fingerprint density at radius 1 is 1.03 bits per heavy atom. The van der Waals surface area contributed by atoms with Crippen molar-refractivity contribution in [3.8, 4) is 28.4 Å². The third-order valence-corrected chi connectivity index (χ3v) is 9.70. The second kappa shape index (κ2) is 10.2. The van der Waals surface area contributed by atoms with E-state index in [-0.39, 0.29) is 30.9 Å². The molecule has 0 amide bonds. The van der Waals surface area contributed by atoms with Gasteiger partial charge in [0.05, 0.1) is 34.3 Å². The van der Waals surface area contributed by atoms with Gasteiger partial charge in [0.25, 0.3) is 6.01 Å². The summed E-state index contributed by atoms with van der Waals surface area (Å²) in [6.07, 6.45) is -1.75. The van der Waals surface area contributed by atoms with Gasteiger partial charge in [-0.1, -0.05) is 48.0 Å². The predicted octanol–water partition coefficient (Wildman–Crippen LogP) is 3.78. The van der Waals surface area contributed by atoms with E-state index in [2.05, 4.69) is 19.3 Å². The molecule has 39 heavy (non-hydrogen) atoms. The number of aromatic amines is 1. The van der Waals surface area contributed by atoms with Gasteiger partial charge in [-0.2, -0.15) is 4.98 Å². The maximum absolute atomic E-state index is 13.1. The first-order valence-electron chi connectivity index (χ1n) is 12.4. The molecule has 2 aliphatic heterocycles. The van der Waals surface area contributed by atoms with Crippen LogP contribution in [0.15, 0.2) is 63.9 Å². The molecule has 10 nitrogen and oxygen atoms in total. The Morgan fingerprint density at radius 2 is 1.67 bits per heavy atom. The molecule has 204 valence electrons. The lowest BCUT2D eigenvalue weighted by Gasteiger charge is -2.17. The number of nitrogens with one attached hydrogen (secondary N) is 1. The van der Waals surface area contributed by atoms with Crippen LogP contribution >= 0.6 is 11.6 Å². The zero-order valence-electron chi connectivity index (χ0n) is 21.6. The van der Waals surface area contributed by atoms with Crippen LogP contribution in [0.5, 0.6) is 6.01 Å². The highest BCUT2D eigenvalue weighted by atomic mass is 35.5. The van der Waals surface area contributed by atoms with Crippen LogP contribution in [-0.4, -0.2) is 87.3 Å². The highest BCUT2D eigenvalue weighted by Gasteiger charge is 2.48. The second-order valence-corrected chi connectivity index (χ2v) is 12.6. The molecular weight excluding hydrogens is 542 g/mol. The second-order valence-electron chi connectivity index (χ2n) is 9.64. The minimum absolute atomic E-state index is 0.229. The summed E-state index contributed by atoms with van der Waals surface area (Å²) in [5.74, 6) is 0. The highest BCUT2D eigenvalue weighted by Crippen LogP contribution is 2.33. The van der Waals surface area contributed by atoms with E-state index in [0.29, 0.717) is 33.4 Å². The van der Waals surface area contributed by atoms with E-state index in [1.54, 1.807) is 31.5 Å². The minimum atomic E-state index is -2.60. The number of fused-ring (bicyclic) bond motifs is 2. The molecule has 2 aliphatic rings. The summed E-state index contributed by atoms with van der Waals surface area (Å²) in [4.78, 5) is 12.9. The van der Waals surface area contributed by atoms with Gasteiger partial charge >= 0.3 is 0 Å². The Bertz CT molecular complexity index is 1630. The van der Waals surface area contributed by atoms with Gasteiger partial charge in [-0.3, -0.25) is 0 Å². The van der Waals surface area contributed by atoms with Crippen molar-refractivity contribution >= 4 is 32.7 Å². The van der Waals surface area contributed by atoms with Gasteiger partial charge in [-0.05, 0) is 29.3 Å². The fraction of sp³-hybridized carbons (Fsp3) is 0.333. The summed E-state index contributed by atoms with van der Waals surface area (Å²) in [6, 6.07) is 17.5. The number of aliphatic hydroxyl groups is 1. The molecule has 4 aromatic rings. The maximum atomic E-state index is 13.1. The fourth-order valence-corrected chi connectivity index (χ4v) is 6.68. The van der Waals surface area contributed by atoms with Gasteiger partial charge in [-0.25, -0.2) is 17.9 Å². The van der Waals surface area contributed by atoms with Crippen molar-refractivity contribution in [3.05, 3.63) is 59.6 Å². The zero-order valence-corrected chi connectivity index (χ0v) is 23.1. The molecule has 4 heterocycles. The zero-order chi connectivity index (χ0) is 27.3. The Morgan fingerprint density at radius 3 is 2.33 bits per heavy atom. The number of hydrogen-bond donors (Lipinski definition) is 2. The van der Waals surface area contributed by atoms with Crippen LogP contribution in [0.25, 0.3) is 33.5 Å². The summed E-state index contributed by atoms with van der Waals surface area (Å²) in [7, 11) is 2.48. The number of imidazole rings is 1. The van der Waals surface area contributed by atoms with E-state index in [0.717, 1.165) is 16.7 Å². The summed E-state index contributed by atoms with van der Waals surface area (Å²) in [5.41, 5.74) is 4.55. The molecule has 12 heteroatoms. The Hall–Kier alpha value is -3.06. The van der Waals surface area contributed by atoms with Crippen molar-refractivity contribution in [1.29, 1.82) is 0 Å². The molecule has 2 aromatic carbocycles. The van der Waals surface area contributed by atoms with Gasteiger partial charge in [0.2, 0.25) is 0 Å². The molecule has 6 rings (SSSR count). The summed E-state index contributed by atoms with van der Waals surface area (Å²) in [6.45, 7) is 0.535. The number of aromatic nitrogens is 3. The van der Waals surface area contributed by atoms with Crippen molar-refractivity contribution in [2.24, 2.45) is 4.36 Å². The highest BCUT2D eigenvalue weighted by molar-refractivity contribution is 7.91. The largest absolute Gasteiger partial charge is 0.456 e. The first kappa shape index (κ1) is 26.2. The number of halogens is 1. The number of hydrogen-bond acceptors (Lipinski definition) is 8. The quantitative estimate of drug-likeness (QED) is 0.362.